The van der Waals surface area contributed by atoms with Crippen LogP contribution in [0.15, 0.2) is 10.9 Å². The minimum atomic E-state index is -4.76. The van der Waals surface area contributed by atoms with E-state index in [4.69, 9.17) is 0 Å². The first-order chi connectivity index (χ1) is 11.2. The fraction of sp³-hybridized carbons (Fsp3) is 0.643. The molecule has 0 bridgehead atoms. The maximum absolute atomic E-state index is 12.6. The number of aromatic nitrogens is 2. The Balaban J connectivity index is 1.93. The monoisotopic (exact) mass is 365 g/mol. The first-order valence-corrected chi connectivity index (χ1v) is 9.04. The van der Waals surface area contributed by atoms with Crippen LogP contribution < -0.4 is 10.9 Å². The van der Waals surface area contributed by atoms with Gasteiger partial charge in [-0.05, 0) is 12.8 Å². The summed E-state index contributed by atoms with van der Waals surface area (Å²) < 4.78 is 49.7. The standard InChI is InChI=1S/C14H18F3N3O3S/c15-14(16,17)10-6-12(21)20-11(19-10)7-24(23)8-13(22)18-9-4-2-1-3-5-9/h6,9H,1-5,7-8H2,(H,18,22)(H,19,20,21). The number of hydrogen-bond acceptors (Lipinski definition) is 4. The second-order valence-electron chi connectivity index (χ2n) is 5.71. The number of nitrogens with zero attached hydrogens (tertiary/aromatic N) is 1. The van der Waals surface area contributed by atoms with Crippen LogP contribution in [0.1, 0.15) is 43.6 Å². The van der Waals surface area contributed by atoms with Gasteiger partial charge in [-0.25, -0.2) is 4.98 Å². The molecular formula is C14H18F3N3O3S. The van der Waals surface area contributed by atoms with Crippen molar-refractivity contribution in [1.29, 1.82) is 0 Å². The van der Waals surface area contributed by atoms with E-state index in [0.717, 1.165) is 32.1 Å². The van der Waals surface area contributed by atoms with Crippen molar-refractivity contribution in [2.75, 3.05) is 5.75 Å². The topological polar surface area (TPSA) is 91.9 Å². The van der Waals surface area contributed by atoms with Crippen LogP contribution in [0.25, 0.3) is 0 Å². The Hall–Kier alpha value is -1.71. The molecule has 1 unspecified atom stereocenters. The molecule has 24 heavy (non-hydrogen) atoms. The third kappa shape index (κ3) is 5.73. The summed E-state index contributed by atoms with van der Waals surface area (Å²) in [5, 5.41) is 2.78. The Kier molecular flexibility index (Phi) is 6.14. The average molecular weight is 365 g/mol. The van der Waals surface area contributed by atoms with Crippen molar-refractivity contribution in [3.63, 3.8) is 0 Å². The quantitative estimate of drug-likeness (QED) is 0.827. The number of nitrogens with one attached hydrogen (secondary N) is 2. The molecule has 10 heteroatoms. The number of aromatic amines is 1. The molecule has 0 aromatic carbocycles. The van der Waals surface area contributed by atoms with Gasteiger partial charge in [-0.1, -0.05) is 19.3 Å². The molecular weight excluding hydrogens is 347 g/mol. The minimum absolute atomic E-state index is 0.0646. The lowest BCUT2D eigenvalue weighted by Gasteiger charge is -2.22. The summed E-state index contributed by atoms with van der Waals surface area (Å²) in [7, 11) is -1.76. The van der Waals surface area contributed by atoms with Crippen LogP contribution in [0.3, 0.4) is 0 Å². The number of hydrogen-bond donors (Lipinski definition) is 2. The fourth-order valence-corrected chi connectivity index (χ4v) is 3.51. The molecule has 134 valence electrons. The van der Waals surface area contributed by atoms with Gasteiger partial charge in [0.05, 0.1) is 5.75 Å². The predicted molar refractivity (Wildman–Crippen MR) is 81.6 cm³/mol. The van der Waals surface area contributed by atoms with Crippen molar-refractivity contribution in [1.82, 2.24) is 15.3 Å². The van der Waals surface area contributed by atoms with Gasteiger partial charge in [-0.3, -0.25) is 13.8 Å². The predicted octanol–water partition coefficient (Wildman–Crippen LogP) is 1.49. The molecule has 0 radical (unpaired) electrons. The van der Waals surface area contributed by atoms with Crippen LogP contribution in [0, 0.1) is 0 Å². The fourth-order valence-electron chi connectivity index (χ4n) is 2.59. The molecule has 1 aliphatic rings. The average Bonchev–Trinajstić information content (AvgIpc) is 2.46. The molecule has 0 aliphatic heterocycles. The number of H-pyrrole nitrogens is 1. The van der Waals surface area contributed by atoms with Gasteiger partial charge in [0.2, 0.25) is 5.91 Å². The molecule has 0 spiro atoms. The van der Waals surface area contributed by atoms with E-state index in [0.29, 0.717) is 6.07 Å². The molecule has 2 N–H and O–H groups in total. The summed E-state index contributed by atoms with van der Waals surface area (Å²) in [6, 6.07) is 0.400. The van der Waals surface area contributed by atoms with Crippen molar-refractivity contribution < 1.29 is 22.2 Å². The van der Waals surface area contributed by atoms with E-state index in [2.05, 4.69) is 15.3 Å². The summed E-state index contributed by atoms with van der Waals surface area (Å²) in [4.78, 5) is 28.5. The smallest absolute Gasteiger partial charge is 0.353 e. The van der Waals surface area contributed by atoms with Crippen LogP contribution >= 0.6 is 0 Å². The van der Waals surface area contributed by atoms with E-state index in [-0.39, 0.29) is 17.6 Å². The third-order valence-electron chi connectivity index (χ3n) is 3.64. The van der Waals surface area contributed by atoms with E-state index in [1.807, 2.05) is 0 Å². The van der Waals surface area contributed by atoms with Crippen molar-refractivity contribution in [3.8, 4) is 0 Å². The molecule has 0 saturated heterocycles. The molecule has 1 amide bonds. The molecule has 1 fully saturated rings. The third-order valence-corrected chi connectivity index (χ3v) is 4.82. The second kappa shape index (κ2) is 7.91. The molecule has 1 atom stereocenters. The van der Waals surface area contributed by atoms with Crippen LogP contribution in [-0.2, 0) is 27.5 Å². The second-order valence-corrected chi connectivity index (χ2v) is 7.16. The Labute approximate surface area is 138 Å². The zero-order valence-corrected chi connectivity index (χ0v) is 13.6. The lowest BCUT2D eigenvalue weighted by atomic mass is 9.95. The Morgan fingerprint density at radius 1 is 1.33 bits per heavy atom. The zero-order valence-electron chi connectivity index (χ0n) is 12.8. The van der Waals surface area contributed by atoms with E-state index in [1.54, 1.807) is 0 Å². The van der Waals surface area contributed by atoms with Crippen molar-refractivity contribution in [2.24, 2.45) is 0 Å². The number of amides is 1. The summed E-state index contributed by atoms with van der Waals surface area (Å²) in [5.74, 6) is -1.51. The number of carbonyl (C=O) groups is 1. The normalized spacial score (nSPS) is 17.5. The Morgan fingerprint density at radius 3 is 2.62 bits per heavy atom. The van der Waals surface area contributed by atoms with Crippen molar-refractivity contribution >= 4 is 16.7 Å². The maximum Gasteiger partial charge on any atom is 0.433 e. The first kappa shape index (κ1) is 18.6. The largest absolute Gasteiger partial charge is 0.433 e. The Morgan fingerprint density at radius 2 is 2.00 bits per heavy atom. The first-order valence-electron chi connectivity index (χ1n) is 7.56. The van der Waals surface area contributed by atoms with Crippen molar-refractivity contribution in [2.45, 2.75) is 50.1 Å². The van der Waals surface area contributed by atoms with Gasteiger partial charge in [0, 0.05) is 22.9 Å². The van der Waals surface area contributed by atoms with Crippen molar-refractivity contribution in [3.05, 3.63) is 27.9 Å². The molecule has 2 rings (SSSR count). The molecule has 1 saturated carbocycles. The summed E-state index contributed by atoms with van der Waals surface area (Å²) >= 11 is 0. The highest BCUT2D eigenvalue weighted by molar-refractivity contribution is 7.84. The van der Waals surface area contributed by atoms with E-state index in [1.165, 1.54) is 0 Å². The van der Waals surface area contributed by atoms with Gasteiger partial charge in [0.1, 0.15) is 11.6 Å². The highest BCUT2D eigenvalue weighted by Gasteiger charge is 2.33. The number of rotatable bonds is 5. The molecule has 1 aromatic heterocycles. The highest BCUT2D eigenvalue weighted by Crippen LogP contribution is 2.26. The minimum Gasteiger partial charge on any atom is -0.353 e. The van der Waals surface area contributed by atoms with Gasteiger partial charge in [-0.2, -0.15) is 13.2 Å². The summed E-state index contributed by atoms with van der Waals surface area (Å²) in [6.45, 7) is 0. The lowest BCUT2D eigenvalue weighted by Crippen LogP contribution is -2.38. The molecule has 1 aliphatic carbocycles. The highest BCUT2D eigenvalue weighted by atomic mass is 32.2. The molecule has 1 aromatic rings. The van der Waals surface area contributed by atoms with E-state index in [9.17, 15) is 27.0 Å². The number of carbonyl (C=O) groups excluding carboxylic acids is 1. The number of halogens is 3. The zero-order chi connectivity index (χ0) is 17.7. The molecule has 6 nitrogen and oxygen atoms in total. The number of alkyl halides is 3. The molecule has 1 heterocycles. The van der Waals surface area contributed by atoms with Crippen LogP contribution in [-0.4, -0.2) is 31.9 Å². The van der Waals surface area contributed by atoms with Gasteiger partial charge < -0.3 is 10.3 Å². The van der Waals surface area contributed by atoms with Gasteiger partial charge in [0.25, 0.3) is 5.56 Å². The lowest BCUT2D eigenvalue weighted by molar-refractivity contribution is -0.141. The van der Waals surface area contributed by atoms with Gasteiger partial charge in [0.15, 0.2) is 5.69 Å². The Bertz CT molecular complexity index is 669. The van der Waals surface area contributed by atoms with Gasteiger partial charge in [-0.15, -0.1) is 0 Å². The van der Waals surface area contributed by atoms with E-state index < -0.39 is 39.9 Å². The van der Waals surface area contributed by atoms with E-state index >= 15 is 0 Å². The van der Waals surface area contributed by atoms with Crippen LogP contribution in [0.5, 0.6) is 0 Å². The van der Waals surface area contributed by atoms with Crippen LogP contribution in [0.4, 0.5) is 13.2 Å². The van der Waals surface area contributed by atoms with Crippen LogP contribution in [0.2, 0.25) is 0 Å². The van der Waals surface area contributed by atoms with Gasteiger partial charge >= 0.3 is 6.18 Å². The summed E-state index contributed by atoms with van der Waals surface area (Å²) in [5.41, 5.74) is -2.32. The SMILES string of the molecule is O=C(CS(=O)Cc1nc(C(F)(F)F)cc(=O)[nH]1)NC1CCCCC1. The maximum atomic E-state index is 12.6. The summed E-state index contributed by atoms with van der Waals surface area (Å²) in [6.07, 6.45) is 0.185.